The second-order valence-corrected chi connectivity index (χ2v) is 11.3. The van der Waals surface area contributed by atoms with Crippen LogP contribution in [0.4, 0.5) is 0 Å². The Morgan fingerprint density at radius 3 is 0.923 bits per heavy atom. The van der Waals surface area contributed by atoms with E-state index in [2.05, 4.69) is 55.4 Å². The van der Waals surface area contributed by atoms with E-state index in [1.807, 2.05) is 0 Å². The summed E-state index contributed by atoms with van der Waals surface area (Å²) in [6.07, 6.45) is 14.9. The Morgan fingerprint density at radius 2 is 0.731 bits per heavy atom. The average Bonchev–Trinajstić information content (AvgIpc) is 2.55. The summed E-state index contributed by atoms with van der Waals surface area (Å²) in [5.74, 6) is 7.80. The number of rotatable bonds is 6. The standard InChI is InChI=1S/2C13H26/c2*1-10(2)9-12-5-7-13(8-6-12)11(3)4/h2*10-13H,5-9H2,1-4H3. The average molecular weight is 365 g/mol. The molecule has 0 unspecified atom stereocenters. The Balaban J connectivity index is 0.000000260. The van der Waals surface area contributed by atoms with Crippen molar-refractivity contribution in [2.45, 2.75) is 120 Å². The molecule has 0 amide bonds. The van der Waals surface area contributed by atoms with Gasteiger partial charge in [0.1, 0.15) is 0 Å². The van der Waals surface area contributed by atoms with Gasteiger partial charge in [-0.05, 0) is 85.9 Å². The zero-order valence-electron chi connectivity index (χ0n) is 19.7. The highest BCUT2D eigenvalue weighted by atomic mass is 14.3. The van der Waals surface area contributed by atoms with Gasteiger partial charge in [0.2, 0.25) is 0 Å². The molecule has 0 nitrogen and oxygen atoms in total. The largest absolute Gasteiger partial charge is 0.0628 e. The van der Waals surface area contributed by atoms with E-state index in [4.69, 9.17) is 0 Å². The van der Waals surface area contributed by atoms with Crippen molar-refractivity contribution in [3.05, 3.63) is 0 Å². The number of hydrogen-bond acceptors (Lipinski definition) is 0. The van der Waals surface area contributed by atoms with E-state index in [1.54, 1.807) is 0 Å². The smallest absolute Gasteiger partial charge is 0.0391 e. The van der Waals surface area contributed by atoms with Crippen LogP contribution in [0.1, 0.15) is 120 Å². The van der Waals surface area contributed by atoms with Gasteiger partial charge in [0.15, 0.2) is 0 Å². The minimum atomic E-state index is 0.903. The van der Waals surface area contributed by atoms with Crippen molar-refractivity contribution < 1.29 is 0 Å². The van der Waals surface area contributed by atoms with E-state index in [0.717, 1.165) is 47.3 Å². The van der Waals surface area contributed by atoms with E-state index >= 15 is 0 Å². The highest BCUT2D eigenvalue weighted by molar-refractivity contribution is 4.76. The van der Waals surface area contributed by atoms with Gasteiger partial charge >= 0.3 is 0 Å². The molecule has 0 aromatic rings. The molecule has 0 radical (unpaired) electrons. The molecule has 0 aliphatic heterocycles. The monoisotopic (exact) mass is 364 g/mol. The van der Waals surface area contributed by atoms with Gasteiger partial charge < -0.3 is 0 Å². The third kappa shape index (κ3) is 9.80. The lowest BCUT2D eigenvalue weighted by Gasteiger charge is -2.31. The lowest BCUT2D eigenvalue weighted by molar-refractivity contribution is 0.205. The minimum Gasteiger partial charge on any atom is -0.0628 e. The zero-order valence-corrected chi connectivity index (χ0v) is 19.7. The van der Waals surface area contributed by atoms with Crippen molar-refractivity contribution in [1.29, 1.82) is 0 Å². The first-order valence-corrected chi connectivity index (χ1v) is 12.2. The molecule has 156 valence electrons. The van der Waals surface area contributed by atoms with Crippen LogP contribution in [0.25, 0.3) is 0 Å². The van der Waals surface area contributed by atoms with Crippen molar-refractivity contribution in [3.8, 4) is 0 Å². The summed E-state index contributed by atoms with van der Waals surface area (Å²) < 4.78 is 0. The Morgan fingerprint density at radius 1 is 0.462 bits per heavy atom. The molecule has 0 spiro atoms. The maximum absolute atomic E-state index is 2.38. The molecule has 0 N–H and O–H groups in total. The van der Waals surface area contributed by atoms with Crippen LogP contribution in [0.3, 0.4) is 0 Å². The minimum absolute atomic E-state index is 0.903. The van der Waals surface area contributed by atoms with Crippen LogP contribution in [0.15, 0.2) is 0 Å². The summed E-state index contributed by atoms with van der Waals surface area (Å²) in [6, 6.07) is 0. The highest BCUT2D eigenvalue weighted by Crippen LogP contribution is 2.36. The molecular formula is C26H52. The lowest BCUT2D eigenvalue weighted by Crippen LogP contribution is -2.19. The fourth-order valence-electron chi connectivity index (χ4n) is 5.51. The quantitative estimate of drug-likeness (QED) is 0.441. The highest BCUT2D eigenvalue weighted by Gasteiger charge is 2.24. The van der Waals surface area contributed by atoms with Crippen LogP contribution in [-0.2, 0) is 0 Å². The molecule has 0 bridgehead atoms. The number of hydrogen-bond donors (Lipinski definition) is 0. The van der Waals surface area contributed by atoms with E-state index in [-0.39, 0.29) is 0 Å². The third-order valence-corrected chi connectivity index (χ3v) is 7.28. The molecule has 0 aromatic carbocycles. The van der Waals surface area contributed by atoms with Crippen molar-refractivity contribution in [3.63, 3.8) is 0 Å². The van der Waals surface area contributed by atoms with Gasteiger partial charge in [-0.3, -0.25) is 0 Å². The maximum atomic E-state index is 2.38. The predicted octanol–water partition coefficient (Wildman–Crippen LogP) is 8.99. The normalized spacial score (nSPS) is 30.0. The zero-order chi connectivity index (χ0) is 19.7. The van der Waals surface area contributed by atoms with E-state index in [1.165, 1.54) is 64.2 Å². The first kappa shape index (κ1) is 24.0. The van der Waals surface area contributed by atoms with E-state index in [0.29, 0.717) is 0 Å². The molecule has 2 rings (SSSR count). The molecular weight excluding hydrogens is 312 g/mol. The lowest BCUT2D eigenvalue weighted by atomic mass is 9.75. The van der Waals surface area contributed by atoms with Crippen molar-refractivity contribution in [2.75, 3.05) is 0 Å². The van der Waals surface area contributed by atoms with Crippen LogP contribution in [0.5, 0.6) is 0 Å². The van der Waals surface area contributed by atoms with Crippen molar-refractivity contribution in [2.24, 2.45) is 47.3 Å². The third-order valence-electron chi connectivity index (χ3n) is 7.28. The molecule has 2 fully saturated rings. The van der Waals surface area contributed by atoms with Gasteiger partial charge in [0, 0.05) is 0 Å². The summed E-state index contributed by atoms with van der Waals surface area (Å²) in [4.78, 5) is 0. The Hall–Kier alpha value is 0. The maximum Gasteiger partial charge on any atom is -0.0391 e. The molecule has 0 heteroatoms. The fraction of sp³-hybridized carbons (Fsp3) is 1.00. The van der Waals surface area contributed by atoms with Gasteiger partial charge in [0.05, 0.1) is 0 Å². The van der Waals surface area contributed by atoms with Crippen molar-refractivity contribution in [1.82, 2.24) is 0 Å². The van der Waals surface area contributed by atoms with Gasteiger partial charge in [-0.25, -0.2) is 0 Å². The van der Waals surface area contributed by atoms with Gasteiger partial charge in [-0.1, -0.05) is 81.1 Å². The molecule has 2 aliphatic carbocycles. The molecule has 2 aliphatic rings. The Bertz CT molecular complexity index is 288. The molecule has 0 saturated heterocycles. The molecule has 0 heterocycles. The van der Waals surface area contributed by atoms with Gasteiger partial charge in [-0.2, -0.15) is 0 Å². The summed E-state index contributed by atoms with van der Waals surface area (Å²) >= 11 is 0. The fourth-order valence-corrected chi connectivity index (χ4v) is 5.51. The van der Waals surface area contributed by atoms with Crippen LogP contribution >= 0.6 is 0 Å². The summed E-state index contributed by atoms with van der Waals surface area (Å²) in [6.45, 7) is 19.0. The van der Waals surface area contributed by atoms with Gasteiger partial charge in [0.25, 0.3) is 0 Å². The molecule has 0 aromatic heterocycles. The SMILES string of the molecule is CC(C)CC1CCC(C(C)C)CC1.CC(C)CC1CCC(C(C)C)CC1. The molecule has 2 saturated carbocycles. The Labute approximate surface area is 167 Å². The first-order valence-electron chi connectivity index (χ1n) is 12.2. The van der Waals surface area contributed by atoms with E-state index in [9.17, 15) is 0 Å². The topological polar surface area (TPSA) is 0 Å². The molecule has 0 atom stereocenters. The van der Waals surface area contributed by atoms with E-state index < -0.39 is 0 Å². The summed E-state index contributed by atoms with van der Waals surface area (Å²) in [5.41, 5.74) is 0. The predicted molar refractivity (Wildman–Crippen MR) is 119 cm³/mol. The second-order valence-electron chi connectivity index (χ2n) is 11.3. The Kier molecular flexibility index (Phi) is 11.5. The van der Waals surface area contributed by atoms with Gasteiger partial charge in [-0.15, -0.1) is 0 Å². The van der Waals surface area contributed by atoms with Crippen molar-refractivity contribution >= 4 is 0 Å². The van der Waals surface area contributed by atoms with Crippen LogP contribution in [0.2, 0.25) is 0 Å². The van der Waals surface area contributed by atoms with Crippen LogP contribution in [-0.4, -0.2) is 0 Å². The first-order chi connectivity index (χ1) is 12.2. The van der Waals surface area contributed by atoms with Crippen LogP contribution in [0, 0.1) is 47.3 Å². The molecule has 26 heavy (non-hydrogen) atoms. The summed E-state index contributed by atoms with van der Waals surface area (Å²) in [5, 5.41) is 0. The summed E-state index contributed by atoms with van der Waals surface area (Å²) in [7, 11) is 0. The van der Waals surface area contributed by atoms with Crippen LogP contribution < -0.4 is 0 Å². The second kappa shape index (κ2) is 12.5.